The lowest BCUT2D eigenvalue weighted by Gasteiger charge is -2.39. The van der Waals surface area contributed by atoms with Gasteiger partial charge in [-0.1, -0.05) is 0 Å². The highest BCUT2D eigenvalue weighted by atomic mass is 19.1. The second-order valence-corrected chi connectivity index (χ2v) is 4.20. The van der Waals surface area contributed by atoms with Gasteiger partial charge < -0.3 is 15.4 Å². The minimum atomic E-state index is -0.270. The molecule has 2 N–H and O–H groups in total. The van der Waals surface area contributed by atoms with Crippen molar-refractivity contribution in [2.45, 2.75) is 25.5 Å². The number of fused-ring (bicyclic) bond motifs is 1. The Labute approximate surface area is 95.0 Å². The van der Waals surface area contributed by atoms with E-state index >= 15 is 0 Å². The minimum Gasteiger partial charge on any atom is -0.486 e. The van der Waals surface area contributed by atoms with E-state index in [0.29, 0.717) is 12.3 Å². The molecule has 4 heteroatoms. The van der Waals surface area contributed by atoms with Crippen LogP contribution in [0.2, 0.25) is 0 Å². The van der Waals surface area contributed by atoms with Crippen LogP contribution in [0.3, 0.4) is 0 Å². The SMILES string of the molecule is CC1C(CCN)Oc2cc(F)ccc2N1C. The lowest BCUT2D eigenvalue weighted by atomic mass is 10.0. The van der Waals surface area contributed by atoms with E-state index in [1.165, 1.54) is 12.1 Å². The Morgan fingerprint density at radius 3 is 2.94 bits per heavy atom. The van der Waals surface area contributed by atoms with E-state index in [1.807, 2.05) is 7.05 Å². The predicted octanol–water partition coefficient (Wildman–Crippen LogP) is 1.76. The van der Waals surface area contributed by atoms with E-state index < -0.39 is 0 Å². The maximum Gasteiger partial charge on any atom is 0.146 e. The quantitative estimate of drug-likeness (QED) is 0.832. The Bertz CT molecular complexity index is 383. The van der Waals surface area contributed by atoms with E-state index in [4.69, 9.17) is 10.5 Å². The maximum atomic E-state index is 13.1. The molecule has 3 nitrogen and oxygen atoms in total. The lowest BCUT2D eigenvalue weighted by Crippen LogP contribution is -2.46. The van der Waals surface area contributed by atoms with Crippen LogP contribution in [0.5, 0.6) is 5.75 Å². The molecule has 1 aromatic carbocycles. The predicted molar refractivity (Wildman–Crippen MR) is 62.4 cm³/mol. The summed E-state index contributed by atoms with van der Waals surface area (Å²) in [7, 11) is 1.99. The summed E-state index contributed by atoms with van der Waals surface area (Å²) in [4.78, 5) is 2.11. The summed E-state index contributed by atoms with van der Waals surface area (Å²) in [6.45, 7) is 2.67. The van der Waals surface area contributed by atoms with Crippen LogP contribution in [0.1, 0.15) is 13.3 Å². The van der Waals surface area contributed by atoms with Crippen LogP contribution in [-0.4, -0.2) is 25.7 Å². The first-order valence-electron chi connectivity index (χ1n) is 5.52. The number of hydrogen-bond donors (Lipinski definition) is 1. The fourth-order valence-corrected chi connectivity index (χ4v) is 2.07. The van der Waals surface area contributed by atoms with Gasteiger partial charge in [-0.05, 0) is 32.0 Å². The number of hydrogen-bond acceptors (Lipinski definition) is 3. The molecule has 16 heavy (non-hydrogen) atoms. The Morgan fingerprint density at radius 2 is 2.25 bits per heavy atom. The normalized spacial score (nSPS) is 23.9. The average molecular weight is 224 g/mol. The summed E-state index contributed by atoms with van der Waals surface area (Å²) in [5.74, 6) is 0.340. The van der Waals surface area contributed by atoms with E-state index in [0.717, 1.165) is 12.1 Å². The lowest BCUT2D eigenvalue weighted by molar-refractivity contribution is 0.153. The number of nitrogens with zero attached hydrogens (tertiary/aromatic N) is 1. The van der Waals surface area contributed by atoms with E-state index in [-0.39, 0.29) is 18.0 Å². The second-order valence-electron chi connectivity index (χ2n) is 4.20. The summed E-state index contributed by atoms with van der Waals surface area (Å²) < 4.78 is 18.9. The molecule has 0 aromatic heterocycles. The van der Waals surface area contributed by atoms with Crippen LogP contribution >= 0.6 is 0 Å². The van der Waals surface area contributed by atoms with Gasteiger partial charge in [0.15, 0.2) is 0 Å². The smallest absolute Gasteiger partial charge is 0.146 e. The largest absolute Gasteiger partial charge is 0.486 e. The molecule has 0 bridgehead atoms. The third-order valence-corrected chi connectivity index (χ3v) is 3.18. The standard InChI is InChI=1S/C12H17FN2O/c1-8-11(5-6-14)16-12-7-9(13)3-4-10(12)15(8)2/h3-4,7-8,11H,5-6,14H2,1-2H3. The van der Waals surface area contributed by atoms with Gasteiger partial charge in [0.1, 0.15) is 17.7 Å². The number of likely N-dealkylation sites (N-methyl/N-ethyl adjacent to an activating group) is 1. The molecular formula is C12H17FN2O. The fraction of sp³-hybridized carbons (Fsp3) is 0.500. The molecule has 0 amide bonds. The van der Waals surface area contributed by atoms with Crippen LogP contribution in [0.25, 0.3) is 0 Å². The number of halogens is 1. The zero-order valence-corrected chi connectivity index (χ0v) is 9.61. The Hall–Kier alpha value is -1.29. The monoisotopic (exact) mass is 224 g/mol. The summed E-state index contributed by atoms with van der Waals surface area (Å²) in [6, 6.07) is 4.89. The summed E-state index contributed by atoms with van der Waals surface area (Å²) >= 11 is 0. The molecule has 0 spiro atoms. The van der Waals surface area contributed by atoms with Gasteiger partial charge >= 0.3 is 0 Å². The minimum absolute atomic E-state index is 0.0318. The third kappa shape index (κ3) is 1.85. The molecule has 0 fully saturated rings. The summed E-state index contributed by atoms with van der Waals surface area (Å²) in [5, 5.41) is 0. The maximum absolute atomic E-state index is 13.1. The van der Waals surface area contributed by atoms with Crippen LogP contribution in [-0.2, 0) is 0 Å². The van der Waals surface area contributed by atoms with Gasteiger partial charge in [-0.2, -0.15) is 0 Å². The highest BCUT2D eigenvalue weighted by molar-refractivity contribution is 5.60. The highest BCUT2D eigenvalue weighted by Crippen LogP contribution is 2.36. The third-order valence-electron chi connectivity index (χ3n) is 3.18. The number of benzene rings is 1. The molecule has 0 saturated heterocycles. The number of ether oxygens (including phenoxy) is 1. The number of rotatable bonds is 2. The van der Waals surface area contributed by atoms with Crippen molar-refractivity contribution in [1.29, 1.82) is 0 Å². The zero-order valence-electron chi connectivity index (χ0n) is 9.61. The Kier molecular flexibility index (Phi) is 3.01. The van der Waals surface area contributed by atoms with E-state index in [9.17, 15) is 4.39 Å². The van der Waals surface area contributed by atoms with Gasteiger partial charge in [0.25, 0.3) is 0 Å². The molecule has 1 aromatic rings. The van der Waals surface area contributed by atoms with E-state index in [1.54, 1.807) is 6.07 Å². The topological polar surface area (TPSA) is 38.5 Å². The van der Waals surface area contributed by atoms with Crippen molar-refractivity contribution in [2.24, 2.45) is 5.73 Å². The molecule has 0 saturated carbocycles. The van der Waals surface area contributed by atoms with E-state index in [2.05, 4.69) is 11.8 Å². The van der Waals surface area contributed by atoms with Crippen molar-refractivity contribution in [3.63, 3.8) is 0 Å². The molecule has 1 aliphatic heterocycles. The van der Waals surface area contributed by atoms with Crippen molar-refractivity contribution in [3.8, 4) is 5.75 Å². The van der Waals surface area contributed by atoms with Crippen LogP contribution < -0.4 is 15.4 Å². The summed E-state index contributed by atoms with van der Waals surface area (Å²) in [6.07, 6.45) is 0.811. The zero-order chi connectivity index (χ0) is 11.7. The molecule has 2 unspecified atom stereocenters. The van der Waals surface area contributed by atoms with Crippen LogP contribution in [0.15, 0.2) is 18.2 Å². The molecular weight excluding hydrogens is 207 g/mol. The van der Waals surface area contributed by atoms with Crippen LogP contribution in [0, 0.1) is 5.82 Å². The van der Waals surface area contributed by atoms with Crippen molar-refractivity contribution in [3.05, 3.63) is 24.0 Å². The number of anilines is 1. The second kappa shape index (κ2) is 4.29. The van der Waals surface area contributed by atoms with Crippen molar-refractivity contribution >= 4 is 5.69 Å². The molecule has 1 heterocycles. The van der Waals surface area contributed by atoms with Gasteiger partial charge in [-0.15, -0.1) is 0 Å². The first-order valence-corrected chi connectivity index (χ1v) is 5.52. The first kappa shape index (κ1) is 11.2. The van der Waals surface area contributed by atoms with Crippen molar-refractivity contribution in [1.82, 2.24) is 0 Å². The van der Waals surface area contributed by atoms with Crippen molar-refractivity contribution in [2.75, 3.05) is 18.5 Å². The Morgan fingerprint density at radius 1 is 1.50 bits per heavy atom. The van der Waals surface area contributed by atoms with Gasteiger partial charge in [0.2, 0.25) is 0 Å². The molecule has 0 aliphatic carbocycles. The summed E-state index contributed by atoms with van der Waals surface area (Å²) in [5.41, 5.74) is 6.48. The van der Waals surface area contributed by atoms with Crippen molar-refractivity contribution < 1.29 is 9.13 Å². The average Bonchev–Trinajstić information content (AvgIpc) is 2.25. The Balaban J connectivity index is 2.32. The van der Waals surface area contributed by atoms with Crippen LogP contribution in [0.4, 0.5) is 10.1 Å². The molecule has 1 aliphatic rings. The van der Waals surface area contributed by atoms with Gasteiger partial charge in [-0.25, -0.2) is 4.39 Å². The highest BCUT2D eigenvalue weighted by Gasteiger charge is 2.30. The molecule has 88 valence electrons. The van der Waals surface area contributed by atoms with Gasteiger partial charge in [-0.3, -0.25) is 0 Å². The molecule has 0 radical (unpaired) electrons. The van der Waals surface area contributed by atoms with Gasteiger partial charge in [0.05, 0.1) is 11.7 Å². The molecule has 2 atom stereocenters. The van der Waals surface area contributed by atoms with Gasteiger partial charge in [0, 0.05) is 13.1 Å². The molecule has 2 rings (SSSR count). The fourth-order valence-electron chi connectivity index (χ4n) is 2.07. The first-order chi connectivity index (χ1) is 7.63. The number of nitrogens with two attached hydrogens (primary N) is 1.